The minimum atomic E-state index is -0.524. The van der Waals surface area contributed by atoms with E-state index in [-0.39, 0.29) is 4.91 Å². The minimum absolute atomic E-state index is 0.224. The summed E-state index contributed by atoms with van der Waals surface area (Å²) in [5, 5.41) is 2.37. The number of imide groups is 1. The lowest BCUT2D eigenvalue weighted by Gasteiger charge is -2.30. The van der Waals surface area contributed by atoms with Crippen molar-refractivity contribution in [1.82, 2.24) is 4.90 Å². The van der Waals surface area contributed by atoms with Gasteiger partial charge in [0.15, 0.2) is 11.5 Å². The first-order chi connectivity index (χ1) is 21.5. The van der Waals surface area contributed by atoms with E-state index < -0.39 is 23.6 Å². The number of carbonyl (C=O) groups excluding carboxylic acids is 3. The number of anilines is 2. The minimum Gasteiger partial charge on any atom is -0.490 e. The van der Waals surface area contributed by atoms with E-state index in [4.69, 9.17) is 14.2 Å². The fraction of sp³-hybridized carbons (Fsp3) is 0.265. The molecule has 0 aliphatic carbocycles. The number of nitrogens with one attached hydrogen (secondary N) is 1. The molecule has 3 aromatic carbocycles. The number of para-hydroxylation sites is 2. The summed E-state index contributed by atoms with van der Waals surface area (Å²) >= 11 is 0.805. The van der Waals surface area contributed by atoms with Gasteiger partial charge in [0.2, 0.25) is 5.91 Å². The molecule has 0 saturated carbocycles. The lowest BCUT2D eigenvalue weighted by Crippen LogP contribution is -2.38. The number of rotatable bonds is 12. The van der Waals surface area contributed by atoms with Gasteiger partial charge in [-0.05, 0) is 66.6 Å². The van der Waals surface area contributed by atoms with Crippen LogP contribution in [0.25, 0.3) is 6.08 Å². The molecule has 0 aromatic heterocycles. The van der Waals surface area contributed by atoms with Gasteiger partial charge in [-0.2, -0.15) is 0 Å². The first-order valence-electron chi connectivity index (χ1n) is 14.5. The van der Waals surface area contributed by atoms with Gasteiger partial charge in [-0.1, -0.05) is 48.5 Å². The third-order valence-electron chi connectivity index (χ3n) is 7.05. The van der Waals surface area contributed by atoms with Crippen LogP contribution in [-0.2, 0) is 27.4 Å². The van der Waals surface area contributed by atoms with Crippen molar-refractivity contribution >= 4 is 46.3 Å². The molecule has 10 heteroatoms. The zero-order valence-corrected chi connectivity index (χ0v) is 25.4. The molecule has 2 aliphatic rings. The van der Waals surface area contributed by atoms with Crippen LogP contribution in [0.15, 0.2) is 84.3 Å². The van der Waals surface area contributed by atoms with E-state index in [1.54, 1.807) is 24.3 Å². The molecular formula is C34H35N3O6S. The highest BCUT2D eigenvalue weighted by atomic mass is 32.2. The second-order valence-corrected chi connectivity index (χ2v) is 11.1. The van der Waals surface area contributed by atoms with Crippen LogP contribution in [-0.4, -0.2) is 61.4 Å². The summed E-state index contributed by atoms with van der Waals surface area (Å²) < 4.78 is 17.6. The van der Waals surface area contributed by atoms with Crippen LogP contribution in [0.5, 0.6) is 11.5 Å². The molecule has 0 unspecified atom stereocenters. The molecule has 0 bridgehead atoms. The van der Waals surface area contributed by atoms with Crippen molar-refractivity contribution in [3.63, 3.8) is 0 Å². The fourth-order valence-electron chi connectivity index (χ4n) is 5.01. The Balaban J connectivity index is 1.32. The Morgan fingerprint density at radius 1 is 1.05 bits per heavy atom. The first kappa shape index (κ1) is 30.9. The zero-order chi connectivity index (χ0) is 30.9. The van der Waals surface area contributed by atoms with E-state index in [0.29, 0.717) is 68.7 Å². The number of allylic oxidation sites excluding steroid dienone is 1. The van der Waals surface area contributed by atoms with E-state index in [1.807, 2.05) is 61.5 Å². The second-order valence-electron chi connectivity index (χ2n) is 10.1. The van der Waals surface area contributed by atoms with E-state index >= 15 is 0 Å². The van der Waals surface area contributed by atoms with Gasteiger partial charge in [-0.3, -0.25) is 19.3 Å². The van der Waals surface area contributed by atoms with Crippen LogP contribution in [0.3, 0.4) is 0 Å². The maximum absolute atomic E-state index is 13.3. The van der Waals surface area contributed by atoms with Crippen molar-refractivity contribution in [2.45, 2.75) is 20.0 Å². The fourth-order valence-corrected chi connectivity index (χ4v) is 5.85. The molecular weight excluding hydrogens is 578 g/mol. The van der Waals surface area contributed by atoms with Gasteiger partial charge in [-0.25, -0.2) is 0 Å². The summed E-state index contributed by atoms with van der Waals surface area (Å²) in [7, 11) is 0. The first-order valence-corrected chi connectivity index (χ1v) is 15.3. The van der Waals surface area contributed by atoms with Crippen LogP contribution in [0.1, 0.15) is 23.6 Å². The molecule has 2 fully saturated rings. The van der Waals surface area contributed by atoms with Crippen LogP contribution in [0, 0.1) is 0 Å². The van der Waals surface area contributed by atoms with Crippen molar-refractivity contribution in [2.24, 2.45) is 0 Å². The third kappa shape index (κ3) is 7.50. The van der Waals surface area contributed by atoms with Gasteiger partial charge >= 0.3 is 0 Å². The number of benzene rings is 3. The van der Waals surface area contributed by atoms with Gasteiger partial charge in [0, 0.05) is 18.7 Å². The Hall–Kier alpha value is -4.54. The Morgan fingerprint density at radius 2 is 1.80 bits per heavy atom. The van der Waals surface area contributed by atoms with Gasteiger partial charge in [0.25, 0.3) is 11.1 Å². The molecule has 2 heterocycles. The molecule has 2 aliphatic heterocycles. The number of ether oxygens (including phenoxy) is 3. The molecule has 0 radical (unpaired) electrons. The van der Waals surface area contributed by atoms with Crippen molar-refractivity contribution < 1.29 is 28.6 Å². The lowest BCUT2D eigenvalue weighted by molar-refractivity contribution is -0.127. The molecule has 3 amide bonds. The quantitative estimate of drug-likeness (QED) is 0.199. The molecule has 5 rings (SSSR count). The summed E-state index contributed by atoms with van der Waals surface area (Å²) in [6, 6.07) is 21.0. The number of nitrogens with zero attached hydrogens (tertiary/aromatic N) is 2. The van der Waals surface area contributed by atoms with Crippen molar-refractivity contribution in [3.05, 3.63) is 101 Å². The highest BCUT2D eigenvalue weighted by molar-refractivity contribution is 8.18. The number of amides is 3. The second kappa shape index (κ2) is 14.8. The predicted molar refractivity (Wildman–Crippen MR) is 173 cm³/mol. The molecule has 1 N–H and O–H groups in total. The highest BCUT2D eigenvalue weighted by Gasteiger charge is 2.36. The summed E-state index contributed by atoms with van der Waals surface area (Å²) in [5.74, 6) is 0.159. The van der Waals surface area contributed by atoms with Crippen LogP contribution >= 0.6 is 11.8 Å². The summed E-state index contributed by atoms with van der Waals surface area (Å²) in [4.78, 5) is 42.5. The summed E-state index contributed by atoms with van der Waals surface area (Å²) in [5.41, 5.74) is 4.02. The van der Waals surface area contributed by atoms with Crippen molar-refractivity contribution in [2.75, 3.05) is 49.7 Å². The summed E-state index contributed by atoms with van der Waals surface area (Å²) in [6.45, 7) is 8.78. The molecule has 0 spiro atoms. The molecule has 9 nitrogen and oxygen atoms in total. The number of carbonyl (C=O) groups is 3. The van der Waals surface area contributed by atoms with Crippen LogP contribution < -0.4 is 19.7 Å². The SMILES string of the molecule is C=CCc1cc(/C=C2\SC(=O)N(CC(=O)Nc3ccccc3N3CCOCC3)C2=O)cc(OCC)c1OCc1ccccc1. The average Bonchev–Trinajstić information content (AvgIpc) is 3.29. The van der Waals surface area contributed by atoms with E-state index in [2.05, 4.69) is 16.8 Å². The standard InChI is InChI=1S/C34H35N3O6S/c1-3-10-26-19-25(20-29(42-4-2)32(26)43-23-24-11-6-5-7-12-24)21-30-33(39)37(34(40)44-30)22-31(38)35-27-13-8-9-14-28(27)36-15-17-41-18-16-36/h3,5-9,11-14,19-21H,1,4,10,15-18,22-23H2,2H3,(H,35,38)/b30-21-. The monoisotopic (exact) mass is 613 g/mol. The predicted octanol–water partition coefficient (Wildman–Crippen LogP) is 5.90. The Morgan fingerprint density at radius 3 is 2.55 bits per heavy atom. The average molecular weight is 614 g/mol. The topological polar surface area (TPSA) is 97.4 Å². The Labute approximate surface area is 261 Å². The third-order valence-corrected chi connectivity index (χ3v) is 7.95. The van der Waals surface area contributed by atoms with Gasteiger partial charge in [-0.15, -0.1) is 6.58 Å². The molecule has 2 saturated heterocycles. The number of morpholine rings is 1. The van der Waals surface area contributed by atoms with E-state index in [1.165, 1.54) is 0 Å². The van der Waals surface area contributed by atoms with Gasteiger partial charge in [0.1, 0.15) is 13.2 Å². The lowest BCUT2D eigenvalue weighted by atomic mass is 10.0. The molecule has 228 valence electrons. The Bertz CT molecular complexity index is 1550. The number of hydrogen-bond acceptors (Lipinski definition) is 8. The molecule has 3 aromatic rings. The number of thioether (sulfide) groups is 1. The normalized spacial score (nSPS) is 15.9. The Kier molecular flexibility index (Phi) is 10.4. The van der Waals surface area contributed by atoms with Gasteiger partial charge < -0.3 is 24.4 Å². The number of hydrogen-bond donors (Lipinski definition) is 1. The maximum Gasteiger partial charge on any atom is 0.294 e. The van der Waals surface area contributed by atoms with E-state index in [0.717, 1.165) is 33.5 Å². The van der Waals surface area contributed by atoms with Crippen molar-refractivity contribution in [3.8, 4) is 11.5 Å². The molecule has 0 atom stereocenters. The highest BCUT2D eigenvalue weighted by Crippen LogP contribution is 2.38. The summed E-state index contributed by atoms with van der Waals surface area (Å²) in [6.07, 6.45) is 3.93. The van der Waals surface area contributed by atoms with Crippen LogP contribution in [0.2, 0.25) is 0 Å². The van der Waals surface area contributed by atoms with Crippen LogP contribution in [0.4, 0.5) is 16.2 Å². The maximum atomic E-state index is 13.3. The molecule has 44 heavy (non-hydrogen) atoms. The largest absolute Gasteiger partial charge is 0.490 e. The smallest absolute Gasteiger partial charge is 0.294 e. The van der Waals surface area contributed by atoms with E-state index in [9.17, 15) is 14.4 Å². The van der Waals surface area contributed by atoms with Crippen molar-refractivity contribution in [1.29, 1.82) is 0 Å². The zero-order valence-electron chi connectivity index (χ0n) is 24.6. The van der Waals surface area contributed by atoms with Gasteiger partial charge in [0.05, 0.1) is 36.1 Å².